The summed E-state index contributed by atoms with van der Waals surface area (Å²) in [5.74, 6) is -3.55. The van der Waals surface area contributed by atoms with Crippen LogP contribution in [0.2, 0.25) is 5.02 Å². The summed E-state index contributed by atoms with van der Waals surface area (Å²) in [6.07, 6.45) is 1.04. The van der Waals surface area contributed by atoms with Gasteiger partial charge < -0.3 is 4.74 Å². The fourth-order valence-corrected chi connectivity index (χ4v) is 7.11. The maximum Gasteiger partial charge on any atom is 0.297 e. The Labute approximate surface area is 242 Å². The predicted molar refractivity (Wildman–Crippen MR) is 148 cm³/mol. The zero-order valence-corrected chi connectivity index (χ0v) is 23.4. The van der Waals surface area contributed by atoms with Gasteiger partial charge in [0.15, 0.2) is 10.9 Å². The van der Waals surface area contributed by atoms with E-state index < -0.39 is 44.2 Å². The topological polar surface area (TPSA) is 154 Å². The number of rotatable bonds is 8. The van der Waals surface area contributed by atoms with Gasteiger partial charge in [0.1, 0.15) is 15.9 Å². The maximum atomic E-state index is 13.6. The number of thiazole rings is 1. The molecule has 0 saturated carbocycles. The van der Waals surface area contributed by atoms with Crippen molar-refractivity contribution in [3.05, 3.63) is 105 Å². The van der Waals surface area contributed by atoms with E-state index in [0.29, 0.717) is 27.7 Å². The number of nitro benzene ring substituents is 1. The number of non-ortho nitro benzene ring substituents is 1. The van der Waals surface area contributed by atoms with Gasteiger partial charge in [0.05, 0.1) is 29.2 Å². The molecule has 0 N–H and O–H groups in total. The minimum Gasteiger partial charge on any atom is -0.497 e. The zero-order valence-electron chi connectivity index (χ0n) is 21.0. The van der Waals surface area contributed by atoms with Gasteiger partial charge in [-0.15, -0.1) is 0 Å². The number of hydrogen-bond acceptors (Lipinski definition) is 10. The highest BCUT2D eigenvalue weighted by Gasteiger charge is 2.53. The van der Waals surface area contributed by atoms with Crippen LogP contribution >= 0.6 is 22.9 Å². The molecule has 1 amide bonds. The molecule has 41 heavy (non-hydrogen) atoms. The number of methoxy groups -OCH3 is 1. The number of ether oxygens (including phenoxy) is 1. The number of carbonyl (C=O) groups is 3. The normalized spacial score (nSPS) is 17.1. The summed E-state index contributed by atoms with van der Waals surface area (Å²) in [4.78, 5) is 55.5. The van der Waals surface area contributed by atoms with Crippen molar-refractivity contribution in [2.75, 3.05) is 12.0 Å². The molecule has 0 radical (unpaired) electrons. The van der Waals surface area contributed by atoms with E-state index in [-0.39, 0.29) is 25.5 Å². The molecule has 0 bridgehead atoms. The number of benzene rings is 3. The van der Waals surface area contributed by atoms with Crippen molar-refractivity contribution in [1.82, 2.24) is 4.98 Å². The van der Waals surface area contributed by atoms with Crippen LogP contribution in [0.1, 0.15) is 22.0 Å². The lowest BCUT2D eigenvalue weighted by Crippen LogP contribution is -2.30. The van der Waals surface area contributed by atoms with Gasteiger partial charge >= 0.3 is 0 Å². The van der Waals surface area contributed by atoms with Crippen molar-refractivity contribution in [2.24, 2.45) is 5.92 Å². The lowest BCUT2D eigenvalue weighted by Gasteiger charge is -2.25. The Bertz CT molecular complexity index is 1790. The lowest BCUT2D eigenvalue weighted by atomic mass is 9.86. The first-order valence-corrected chi connectivity index (χ1v) is 14.5. The van der Waals surface area contributed by atoms with E-state index in [2.05, 4.69) is 4.98 Å². The van der Waals surface area contributed by atoms with E-state index in [4.69, 9.17) is 16.3 Å². The molecule has 0 aliphatic carbocycles. The first-order chi connectivity index (χ1) is 19.5. The van der Waals surface area contributed by atoms with Crippen LogP contribution in [-0.4, -0.2) is 42.9 Å². The van der Waals surface area contributed by atoms with E-state index in [1.165, 1.54) is 31.4 Å². The number of hydrogen-bond donors (Lipinski definition) is 0. The Kier molecular flexibility index (Phi) is 7.43. The summed E-state index contributed by atoms with van der Waals surface area (Å²) in [7, 11) is -2.70. The molecule has 4 aromatic rings. The quantitative estimate of drug-likeness (QED) is 0.0906. The van der Waals surface area contributed by atoms with Crippen molar-refractivity contribution in [3.63, 3.8) is 0 Å². The summed E-state index contributed by atoms with van der Waals surface area (Å²) >= 11 is 6.58. The van der Waals surface area contributed by atoms with Crippen molar-refractivity contribution >= 4 is 61.1 Å². The average molecular weight is 612 g/mol. The van der Waals surface area contributed by atoms with Gasteiger partial charge in [0.2, 0.25) is 15.6 Å². The Morgan fingerprint density at radius 1 is 1.02 bits per heavy atom. The van der Waals surface area contributed by atoms with Crippen LogP contribution in [0.4, 0.5) is 10.8 Å². The van der Waals surface area contributed by atoms with Gasteiger partial charge in [-0.2, -0.15) is 0 Å². The monoisotopic (exact) mass is 611 g/mol. The van der Waals surface area contributed by atoms with E-state index in [9.17, 15) is 32.9 Å². The summed E-state index contributed by atoms with van der Waals surface area (Å²) in [5.41, 5.74) is 0.308. The molecule has 0 spiro atoms. The number of sulfone groups is 1. The number of aromatic nitrogens is 1. The standard InChI is InChI=1S/C27H18ClN3O8S2/c1-39-19-10-4-15(5-11-19)23-22(24(32)16-2-6-17(28)7-3-16)25(33)26(34)30(23)27-29-14-21(40-27)41(37,38)20-12-8-18(9-13-20)31(35)36/h2-14,22-23H,1H3. The van der Waals surface area contributed by atoms with Crippen LogP contribution in [0.5, 0.6) is 5.75 Å². The number of ketones is 2. The molecule has 2 unspecified atom stereocenters. The second-order valence-electron chi connectivity index (χ2n) is 8.82. The van der Waals surface area contributed by atoms with E-state index >= 15 is 0 Å². The van der Waals surface area contributed by atoms with Crippen molar-refractivity contribution in [2.45, 2.75) is 15.1 Å². The number of nitrogens with zero attached hydrogens (tertiary/aromatic N) is 3. The smallest absolute Gasteiger partial charge is 0.297 e. The average Bonchev–Trinajstić information content (AvgIpc) is 3.56. The van der Waals surface area contributed by atoms with Crippen LogP contribution in [0.15, 0.2) is 88.1 Å². The number of amides is 1. The summed E-state index contributed by atoms with van der Waals surface area (Å²) in [6.45, 7) is 0. The lowest BCUT2D eigenvalue weighted by molar-refractivity contribution is -0.384. The number of nitro groups is 1. The van der Waals surface area contributed by atoms with Gasteiger partial charge in [-0.25, -0.2) is 13.4 Å². The summed E-state index contributed by atoms with van der Waals surface area (Å²) in [6, 6.07) is 15.5. The Balaban J connectivity index is 1.57. The Morgan fingerprint density at radius 2 is 1.66 bits per heavy atom. The third kappa shape index (κ3) is 5.10. The second kappa shape index (κ2) is 10.8. The van der Waals surface area contributed by atoms with Crippen molar-refractivity contribution in [1.29, 1.82) is 0 Å². The SMILES string of the molecule is COc1ccc(C2C(C(=O)c3ccc(Cl)cc3)C(=O)C(=O)N2c2ncc(S(=O)(=O)c3ccc([N+](=O)[O-])cc3)s2)cc1. The largest absolute Gasteiger partial charge is 0.497 e. The van der Waals surface area contributed by atoms with Gasteiger partial charge in [-0.3, -0.25) is 29.4 Å². The van der Waals surface area contributed by atoms with Crippen LogP contribution in [0.25, 0.3) is 0 Å². The predicted octanol–water partition coefficient (Wildman–Crippen LogP) is 4.70. The summed E-state index contributed by atoms with van der Waals surface area (Å²) < 4.78 is 31.4. The molecule has 1 aliphatic rings. The van der Waals surface area contributed by atoms with Crippen LogP contribution < -0.4 is 9.64 Å². The second-order valence-corrected chi connectivity index (χ2v) is 12.4. The molecule has 3 aromatic carbocycles. The Hall–Kier alpha value is -4.46. The van der Waals surface area contributed by atoms with E-state index in [1.54, 1.807) is 24.3 Å². The van der Waals surface area contributed by atoms with Crippen LogP contribution in [0.3, 0.4) is 0 Å². The maximum absolute atomic E-state index is 13.6. The highest BCUT2D eigenvalue weighted by atomic mass is 35.5. The molecular weight excluding hydrogens is 594 g/mol. The molecule has 1 aliphatic heterocycles. The minimum atomic E-state index is -4.17. The molecule has 11 nitrogen and oxygen atoms in total. The molecule has 1 aromatic heterocycles. The number of Topliss-reactive ketones (excluding diaryl/α,β-unsaturated/α-hetero) is 2. The van der Waals surface area contributed by atoms with Gasteiger partial charge in [0.25, 0.3) is 11.6 Å². The van der Waals surface area contributed by atoms with Crippen molar-refractivity contribution < 1.29 is 32.5 Å². The first kappa shape index (κ1) is 28.1. The molecule has 5 rings (SSSR count). The van der Waals surface area contributed by atoms with Gasteiger partial charge in [-0.05, 0) is 54.1 Å². The zero-order chi connectivity index (χ0) is 29.5. The molecular formula is C27H18ClN3O8S2. The number of carbonyl (C=O) groups excluding carboxylic acids is 3. The van der Waals surface area contributed by atoms with Gasteiger partial charge in [-0.1, -0.05) is 35.1 Å². The van der Waals surface area contributed by atoms with Crippen LogP contribution in [0, 0.1) is 16.0 Å². The minimum absolute atomic E-state index is 0.115. The van der Waals surface area contributed by atoms with E-state index in [0.717, 1.165) is 35.4 Å². The molecule has 1 saturated heterocycles. The van der Waals surface area contributed by atoms with Gasteiger partial charge in [0, 0.05) is 22.7 Å². The molecule has 2 atom stereocenters. The molecule has 1 fully saturated rings. The van der Waals surface area contributed by atoms with E-state index in [1.807, 2.05) is 0 Å². The third-order valence-electron chi connectivity index (χ3n) is 6.48. The molecule has 208 valence electrons. The molecule has 14 heteroatoms. The highest BCUT2D eigenvalue weighted by Crippen LogP contribution is 2.44. The number of halogens is 1. The van der Waals surface area contributed by atoms with Crippen LogP contribution in [-0.2, 0) is 19.4 Å². The number of anilines is 1. The van der Waals surface area contributed by atoms with Crippen molar-refractivity contribution in [3.8, 4) is 5.75 Å². The highest BCUT2D eigenvalue weighted by molar-refractivity contribution is 7.93. The first-order valence-electron chi connectivity index (χ1n) is 11.8. The fraction of sp³-hybridized carbons (Fsp3) is 0.111. The molecule has 2 heterocycles. The third-order valence-corrected chi connectivity index (χ3v) is 9.95. The summed E-state index contributed by atoms with van der Waals surface area (Å²) in [5, 5.41) is 11.2. The fourth-order valence-electron chi connectivity index (χ4n) is 4.42. The Morgan fingerprint density at radius 3 is 2.24 bits per heavy atom.